The predicted molar refractivity (Wildman–Crippen MR) is 214 cm³/mol. The normalized spacial score (nSPS) is 16.6. The Bertz CT molecular complexity index is 1950. The highest BCUT2D eigenvalue weighted by Gasteiger charge is 2.36. The van der Waals surface area contributed by atoms with Gasteiger partial charge in [0.25, 0.3) is 0 Å². The lowest BCUT2D eigenvalue weighted by atomic mass is 9.71. The lowest BCUT2D eigenvalue weighted by Gasteiger charge is -2.31. The number of ketones is 2. The van der Waals surface area contributed by atoms with Crippen LogP contribution in [0.1, 0.15) is 134 Å². The van der Waals surface area contributed by atoms with Crippen molar-refractivity contribution in [2.75, 3.05) is 0 Å². The molecule has 5 rings (SSSR count). The Labute approximate surface area is 309 Å². The molecule has 272 valence electrons. The van der Waals surface area contributed by atoms with Gasteiger partial charge in [-0.2, -0.15) is 8.75 Å². The van der Waals surface area contributed by atoms with Crippen LogP contribution in [0, 0.1) is 21.7 Å². The van der Waals surface area contributed by atoms with Crippen LogP contribution in [-0.4, -0.2) is 30.3 Å². The van der Waals surface area contributed by atoms with Crippen molar-refractivity contribution in [2.45, 2.75) is 135 Å². The van der Waals surface area contributed by atoms with E-state index in [1.165, 1.54) is 11.7 Å². The molecule has 0 fully saturated rings. The van der Waals surface area contributed by atoms with Gasteiger partial charge in [-0.15, -0.1) is 0 Å². The predicted octanol–water partition coefficient (Wildman–Crippen LogP) is 9.68. The minimum atomic E-state index is -0.375. The largest absolute Gasteiger partial charge is 0.289 e. The molecule has 0 spiro atoms. The smallest absolute Gasteiger partial charge is 0.186 e. The number of hydrogen-bond donors (Lipinski definition) is 0. The fourth-order valence-electron chi connectivity index (χ4n) is 7.00. The number of Topliss-reactive ketones (excluding diaryl/α,β-unsaturated/α-hetero) is 2. The van der Waals surface area contributed by atoms with Gasteiger partial charge in [0.1, 0.15) is 11.0 Å². The molecule has 2 aliphatic carbocycles. The standard InChI is InChI=1S/C44H58N4O2S/c1-15-17-19-31-32(20-18-16-2)46-36-34(26-23-29(43(9,10)11)40(50)30(24-26)44(12,13)14)38-37(47-51-48-38)33(35(36)45-31)25-21-27(41(3,4)5)39(49)28(22-25)42(6,7)8/h21-24H,15-20H2,1-14H3. The van der Waals surface area contributed by atoms with Crippen LogP contribution in [0.2, 0.25) is 0 Å². The van der Waals surface area contributed by atoms with Crippen molar-refractivity contribution in [3.05, 3.63) is 68.4 Å². The molecule has 7 heteroatoms. The molecule has 51 heavy (non-hydrogen) atoms. The summed E-state index contributed by atoms with van der Waals surface area (Å²) in [6.45, 7) is 29.6. The maximum Gasteiger partial charge on any atom is 0.186 e. The van der Waals surface area contributed by atoms with Crippen molar-refractivity contribution in [2.24, 2.45) is 21.7 Å². The molecule has 2 aromatic heterocycles. The third-order valence-electron chi connectivity index (χ3n) is 10.0. The molecule has 0 atom stereocenters. The molecule has 2 aliphatic rings. The topological polar surface area (TPSA) is 85.7 Å². The number of aromatic nitrogens is 4. The van der Waals surface area contributed by atoms with Crippen LogP contribution in [-0.2, 0) is 22.4 Å². The Balaban J connectivity index is 2.14. The van der Waals surface area contributed by atoms with Crippen molar-refractivity contribution in [1.29, 1.82) is 0 Å². The monoisotopic (exact) mass is 706 g/mol. The molecule has 0 aliphatic heterocycles. The van der Waals surface area contributed by atoms with E-state index in [0.29, 0.717) is 0 Å². The minimum Gasteiger partial charge on any atom is -0.289 e. The van der Waals surface area contributed by atoms with Crippen LogP contribution in [0.3, 0.4) is 0 Å². The van der Waals surface area contributed by atoms with E-state index in [4.69, 9.17) is 18.7 Å². The van der Waals surface area contributed by atoms with Crippen molar-refractivity contribution in [3.63, 3.8) is 0 Å². The maximum atomic E-state index is 14.1. The number of unbranched alkanes of at least 4 members (excludes halogenated alkanes) is 2. The molecule has 2 heterocycles. The summed E-state index contributed by atoms with van der Waals surface area (Å²) in [6, 6.07) is 0. The first-order valence-corrected chi connectivity index (χ1v) is 19.5. The highest BCUT2D eigenvalue weighted by Crippen LogP contribution is 2.41. The summed E-state index contributed by atoms with van der Waals surface area (Å²) in [5.41, 5.74) is 8.52. The number of fused-ring (bicyclic) bond motifs is 2. The minimum absolute atomic E-state index is 0.0889. The van der Waals surface area contributed by atoms with Gasteiger partial charge in [0.2, 0.25) is 0 Å². The van der Waals surface area contributed by atoms with Crippen molar-refractivity contribution >= 4 is 56.5 Å². The summed E-state index contributed by atoms with van der Waals surface area (Å²) >= 11 is 1.18. The van der Waals surface area contributed by atoms with Gasteiger partial charge in [-0.25, -0.2) is 9.97 Å². The van der Waals surface area contributed by atoms with E-state index in [9.17, 15) is 9.59 Å². The van der Waals surface area contributed by atoms with E-state index >= 15 is 0 Å². The van der Waals surface area contributed by atoms with Gasteiger partial charge in [0.05, 0.1) is 34.1 Å². The summed E-state index contributed by atoms with van der Waals surface area (Å²) in [4.78, 5) is 39.2. The Hall–Kier alpha value is -3.58. The molecular weight excluding hydrogens is 649 g/mol. The number of rotatable bonds is 6. The maximum absolute atomic E-state index is 14.1. The second-order valence-corrected chi connectivity index (χ2v) is 19.1. The van der Waals surface area contributed by atoms with Crippen molar-refractivity contribution < 1.29 is 9.59 Å². The van der Waals surface area contributed by atoms with Gasteiger partial charge in [-0.3, -0.25) is 9.59 Å². The third kappa shape index (κ3) is 7.51. The Kier molecular flexibility index (Phi) is 10.4. The van der Waals surface area contributed by atoms with Crippen LogP contribution < -0.4 is 10.4 Å². The molecule has 0 radical (unpaired) electrons. The van der Waals surface area contributed by atoms with Gasteiger partial charge < -0.3 is 0 Å². The average Bonchev–Trinajstić information content (AvgIpc) is 3.49. The molecule has 6 nitrogen and oxygen atoms in total. The molecule has 0 saturated carbocycles. The summed E-state index contributed by atoms with van der Waals surface area (Å²) < 4.78 is 9.97. The van der Waals surface area contributed by atoms with Crippen molar-refractivity contribution in [1.82, 2.24) is 18.7 Å². The lowest BCUT2D eigenvalue weighted by Crippen LogP contribution is -2.30. The van der Waals surface area contributed by atoms with Crippen LogP contribution in [0.15, 0.2) is 46.6 Å². The number of aryl methyl sites for hydroxylation is 2. The van der Waals surface area contributed by atoms with E-state index in [0.717, 1.165) is 116 Å². The van der Waals surface area contributed by atoms with Crippen molar-refractivity contribution in [3.8, 4) is 0 Å². The molecule has 0 unspecified atom stereocenters. The fraction of sp³-hybridized carbons (Fsp3) is 0.545. The van der Waals surface area contributed by atoms with Crippen LogP contribution in [0.5, 0.6) is 0 Å². The Morgan fingerprint density at radius 1 is 0.490 bits per heavy atom. The quantitative estimate of drug-likeness (QED) is 0.254. The molecule has 3 aromatic rings. The van der Waals surface area contributed by atoms with Crippen LogP contribution in [0.25, 0.3) is 33.2 Å². The first-order valence-electron chi connectivity index (χ1n) is 18.8. The second-order valence-electron chi connectivity index (χ2n) is 18.5. The Morgan fingerprint density at radius 2 is 0.784 bits per heavy atom. The van der Waals surface area contributed by atoms with Gasteiger partial charge >= 0.3 is 0 Å². The van der Waals surface area contributed by atoms with Gasteiger partial charge in [-0.1, -0.05) is 110 Å². The van der Waals surface area contributed by atoms with E-state index in [1.807, 2.05) is 0 Å². The third-order valence-corrected chi connectivity index (χ3v) is 10.5. The van der Waals surface area contributed by atoms with Gasteiger partial charge in [0.15, 0.2) is 11.6 Å². The zero-order valence-electron chi connectivity index (χ0n) is 33.6. The second kappa shape index (κ2) is 13.8. The van der Waals surface area contributed by atoms with Gasteiger partial charge in [0, 0.05) is 32.7 Å². The molecule has 0 amide bonds. The molecule has 1 aromatic carbocycles. The number of benzene rings is 1. The van der Waals surface area contributed by atoms with E-state index in [-0.39, 0.29) is 33.2 Å². The zero-order chi connectivity index (χ0) is 37.8. The first kappa shape index (κ1) is 38.6. The average molecular weight is 707 g/mol. The summed E-state index contributed by atoms with van der Waals surface area (Å²) in [5.74, 6) is 0.178. The summed E-state index contributed by atoms with van der Waals surface area (Å²) in [7, 11) is 0. The molecule has 0 bridgehead atoms. The van der Waals surface area contributed by atoms with E-state index < -0.39 is 0 Å². The zero-order valence-corrected chi connectivity index (χ0v) is 34.4. The number of carbonyl (C=O) groups is 2. The SMILES string of the molecule is CCCCc1nc2c(=C3C=C(C(C)(C)C)C(=O)C(C(C)(C)C)=C3)c3nsnc3c(=C3C=C(C(C)(C)C)C(=O)C(C(C)(C)C)=C3)c2nc1CCCC. The highest BCUT2D eigenvalue weighted by atomic mass is 32.1. The van der Waals surface area contributed by atoms with E-state index in [2.05, 4.69) is 121 Å². The highest BCUT2D eigenvalue weighted by molar-refractivity contribution is 7.00. The number of nitrogens with zero attached hydrogens (tertiary/aromatic N) is 4. The van der Waals surface area contributed by atoms with Crippen LogP contribution >= 0.6 is 11.7 Å². The van der Waals surface area contributed by atoms with E-state index in [1.54, 1.807) is 0 Å². The molecule has 0 saturated heterocycles. The molecule has 0 N–H and O–H groups in total. The number of allylic oxidation sites excluding steroid dienone is 8. The number of carbonyl (C=O) groups excluding carboxylic acids is 2. The lowest BCUT2D eigenvalue weighted by molar-refractivity contribution is -0.114. The van der Waals surface area contributed by atoms with Gasteiger partial charge in [-0.05, 0) is 82.8 Å². The first-order chi connectivity index (χ1) is 23.6. The fourth-order valence-corrected chi connectivity index (χ4v) is 7.56. The summed E-state index contributed by atoms with van der Waals surface area (Å²) in [6.07, 6.45) is 14.1. The summed E-state index contributed by atoms with van der Waals surface area (Å²) in [5, 5.41) is 1.74. The molecular formula is C44H58N4O2S. The number of hydrogen-bond acceptors (Lipinski definition) is 7. The van der Waals surface area contributed by atoms with Crippen LogP contribution in [0.4, 0.5) is 0 Å². The Morgan fingerprint density at radius 3 is 1.04 bits per heavy atom.